The van der Waals surface area contributed by atoms with Crippen LogP contribution in [0.15, 0.2) is 77.8 Å². The van der Waals surface area contributed by atoms with Gasteiger partial charge in [-0.3, -0.25) is 14.6 Å². The molecule has 0 aliphatic carbocycles. The lowest BCUT2D eigenvalue weighted by atomic mass is 9.90. The van der Waals surface area contributed by atoms with Gasteiger partial charge in [-0.25, -0.2) is 0 Å². The van der Waals surface area contributed by atoms with E-state index in [1.54, 1.807) is 19.1 Å². The van der Waals surface area contributed by atoms with E-state index in [1.165, 1.54) is 5.56 Å². The zero-order valence-corrected chi connectivity index (χ0v) is 21.2. The SMILES string of the molecule is C[C@@H](CO)NC(=O)C#Cc1ccc2c(c1)NC(=O)C2C(=Nc1ccc(CN(C)C)cc1)c1ccccc1. The van der Waals surface area contributed by atoms with E-state index < -0.39 is 11.8 Å². The van der Waals surface area contributed by atoms with Gasteiger partial charge in [0, 0.05) is 23.7 Å². The highest BCUT2D eigenvalue weighted by molar-refractivity contribution is 6.24. The Hall–Kier alpha value is -4.25. The number of aliphatic imine (C=N–C) groups is 1. The van der Waals surface area contributed by atoms with Gasteiger partial charge in [0.2, 0.25) is 5.91 Å². The Balaban J connectivity index is 1.67. The molecule has 0 radical (unpaired) electrons. The first-order valence-electron chi connectivity index (χ1n) is 12.1. The number of rotatable bonds is 7. The lowest BCUT2D eigenvalue weighted by Crippen LogP contribution is -2.33. The molecule has 1 aliphatic rings. The zero-order valence-electron chi connectivity index (χ0n) is 21.2. The Morgan fingerprint density at radius 3 is 2.51 bits per heavy atom. The molecule has 0 saturated heterocycles. The van der Waals surface area contributed by atoms with Crippen molar-refractivity contribution in [2.24, 2.45) is 4.99 Å². The minimum Gasteiger partial charge on any atom is -0.394 e. The molecule has 1 aliphatic heterocycles. The molecule has 0 saturated carbocycles. The molecular formula is C30H30N4O3. The second-order valence-corrected chi connectivity index (χ2v) is 9.30. The molecule has 0 aromatic heterocycles. The Morgan fingerprint density at radius 1 is 1.11 bits per heavy atom. The lowest BCUT2D eigenvalue weighted by Gasteiger charge is -2.14. The smallest absolute Gasteiger partial charge is 0.296 e. The van der Waals surface area contributed by atoms with Crippen LogP contribution in [-0.4, -0.2) is 54.3 Å². The molecular weight excluding hydrogens is 464 g/mol. The van der Waals surface area contributed by atoms with Crippen LogP contribution in [0.25, 0.3) is 0 Å². The van der Waals surface area contributed by atoms with E-state index in [0.717, 1.165) is 23.4 Å². The highest BCUT2D eigenvalue weighted by Crippen LogP contribution is 2.36. The van der Waals surface area contributed by atoms with E-state index in [-0.39, 0.29) is 18.6 Å². The van der Waals surface area contributed by atoms with Gasteiger partial charge < -0.3 is 20.6 Å². The van der Waals surface area contributed by atoms with Crippen LogP contribution in [0.2, 0.25) is 0 Å². The summed E-state index contributed by atoms with van der Waals surface area (Å²) in [7, 11) is 4.05. The molecule has 4 rings (SSSR count). The Morgan fingerprint density at radius 2 is 1.84 bits per heavy atom. The van der Waals surface area contributed by atoms with Crippen LogP contribution < -0.4 is 10.6 Å². The summed E-state index contributed by atoms with van der Waals surface area (Å²) in [5.41, 5.74) is 5.54. The monoisotopic (exact) mass is 494 g/mol. The highest BCUT2D eigenvalue weighted by atomic mass is 16.3. The van der Waals surface area contributed by atoms with E-state index in [2.05, 4.69) is 27.4 Å². The molecule has 1 unspecified atom stereocenters. The van der Waals surface area contributed by atoms with Gasteiger partial charge in [0.1, 0.15) is 5.92 Å². The third kappa shape index (κ3) is 6.50. The lowest BCUT2D eigenvalue weighted by molar-refractivity contribution is -0.117. The number of carbonyl (C=O) groups is 2. The molecule has 7 heteroatoms. The average Bonchev–Trinajstić information content (AvgIpc) is 3.21. The topological polar surface area (TPSA) is 94.0 Å². The second kappa shape index (κ2) is 11.7. The molecule has 7 nitrogen and oxygen atoms in total. The molecule has 2 amide bonds. The fraction of sp³-hybridized carbons (Fsp3) is 0.233. The largest absolute Gasteiger partial charge is 0.394 e. The fourth-order valence-corrected chi connectivity index (χ4v) is 4.13. The summed E-state index contributed by atoms with van der Waals surface area (Å²) in [4.78, 5) is 32.2. The third-order valence-electron chi connectivity index (χ3n) is 5.88. The van der Waals surface area contributed by atoms with Gasteiger partial charge in [-0.2, -0.15) is 0 Å². The summed E-state index contributed by atoms with van der Waals surface area (Å²) >= 11 is 0. The first kappa shape index (κ1) is 25.8. The number of anilines is 1. The van der Waals surface area contributed by atoms with Gasteiger partial charge in [0.05, 0.1) is 24.0 Å². The number of amides is 2. The van der Waals surface area contributed by atoms with Crippen molar-refractivity contribution in [2.75, 3.05) is 26.0 Å². The number of aliphatic hydroxyl groups excluding tert-OH is 1. The molecule has 0 bridgehead atoms. The summed E-state index contributed by atoms with van der Waals surface area (Å²) in [5.74, 6) is 4.12. The van der Waals surface area contributed by atoms with E-state index in [9.17, 15) is 9.59 Å². The summed E-state index contributed by atoms with van der Waals surface area (Å²) in [6.45, 7) is 2.36. The zero-order chi connectivity index (χ0) is 26.4. The predicted molar refractivity (Wildman–Crippen MR) is 146 cm³/mol. The molecule has 188 valence electrons. The van der Waals surface area contributed by atoms with Crippen LogP contribution >= 0.6 is 0 Å². The molecule has 37 heavy (non-hydrogen) atoms. The molecule has 1 heterocycles. The van der Waals surface area contributed by atoms with E-state index >= 15 is 0 Å². The van der Waals surface area contributed by atoms with Gasteiger partial charge in [0.15, 0.2) is 0 Å². The molecule has 3 N–H and O–H groups in total. The van der Waals surface area contributed by atoms with Crippen LogP contribution in [0.4, 0.5) is 11.4 Å². The minimum absolute atomic E-state index is 0.161. The van der Waals surface area contributed by atoms with Crippen LogP contribution in [0.5, 0.6) is 0 Å². The number of nitrogens with zero attached hydrogens (tertiary/aromatic N) is 2. The Kier molecular flexibility index (Phi) is 8.14. The maximum Gasteiger partial charge on any atom is 0.296 e. The van der Waals surface area contributed by atoms with Gasteiger partial charge in [-0.1, -0.05) is 54.5 Å². The van der Waals surface area contributed by atoms with Crippen molar-refractivity contribution in [2.45, 2.75) is 25.4 Å². The number of aliphatic hydroxyl groups is 1. The van der Waals surface area contributed by atoms with Crippen molar-refractivity contribution in [3.63, 3.8) is 0 Å². The van der Waals surface area contributed by atoms with Crippen molar-refractivity contribution in [3.05, 3.63) is 95.1 Å². The Labute approximate surface area is 217 Å². The molecule has 3 aromatic carbocycles. The van der Waals surface area contributed by atoms with Crippen molar-refractivity contribution >= 4 is 28.9 Å². The van der Waals surface area contributed by atoms with Crippen molar-refractivity contribution in [3.8, 4) is 11.8 Å². The normalized spacial score (nSPS) is 15.4. The summed E-state index contributed by atoms with van der Waals surface area (Å²) < 4.78 is 0. The van der Waals surface area contributed by atoms with Crippen molar-refractivity contribution in [1.29, 1.82) is 0 Å². The standard InChI is InChI=1S/C30H30N4O3/c1-20(19-35)31-27(36)16-12-21-11-15-25-26(17-21)33-30(37)28(25)29(23-7-5-4-6-8-23)32-24-13-9-22(10-14-24)18-34(2)3/h4-11,13-15,17,20,28,35H,18-19H2,1-3H3,(H,31,36)(H,33,37)/t20-,28?/m0/s1. The first-order valence-corrected chi connectivity index (χ1v) is 12.1. The average molecular weight is 495 g/mol. The second-order valence-electron chi connectivity index (χ2n) is 9.30. The number of nitrogens with one attached hydrogen (secondary N) is 2. The summed E-state index contributed by atoms with van der Waals surface area (Å²) in [6.07, 6.45) is 0. The number of benzene rings is 3. The van der Waals surface area contributed by atoms with Crippen molar-refractivity contribution in [1.82, 2.24) is 10.2 Å². The number of hydrogen-bond acceptors (Lipinski definition) is 5. The predicted octanol–water partition coefficient (Wildman–Crippen LogP) is 3.45. The molecule has 0 fully saturated rings. The van der Waals surface area contributed by atoms with Gasteiger partial charge >= 0.3 is 0 Å². The number of carbonyl (C=O) groups excluding carboxylic acids is 2. The number of hydrogen-bond donors (Lipinski definition) is 3. The van der Waals surface area contributed by atoms with Gasteiger partial charge in [0.25, 0.3) is 5.91 Å². The van der Waals surface area contributed by atoms with E-state index in [4.69, 9.17) is 10.1 Å². The third-order valence-corrected chi connectivity index (χ3v) is 5.88. The highest BCUT2D eigenvalue weighted by Gasteiger charge is 2.35. The maximum atomic E-state index is 13.2. The van der Waals surface area contributed by atoms with Crippen LogP contribution in [0, 0.1) is 11.8 Å². The van der Waals surface area contributed by atoms with E-state index in [0.29, 0.717) is 17.0 Å². The van der Waals surface area contributed by atoms with Gasteiger partial charge in [-0.15, -0.1) is 0 Å². The summed E-state index contributed by atoms with van der Waals surface area (Å²) in [5, 5.41) is 14.6. The van der Waals surface area contributed by atoms with Crippen molar-refractivity contribution < 1.29 is 14.7 Å². The van der Waals surface area contributed by atoms with Crippen LogP contribution in [0.1, 0.15) is 35.1 Å². The van der Waals surface area contributed by atoms with E-state index in [1.807, 2.05) is 74.8 Å². The maximum absolute atomic E-state index is 13.2. The molecule has 3 aromatic rings. The first-order chi connectivity index (χ1) is 17.8. The van der Waals surface area contributed by atoms with Gasteiger partial charge in [-0.05, 0) is 62.0 Å². The quantitative estimate of drug-likeness (QED) is 0.346. The number of fused-ring (bicyclic) bond motifs is 1. The summed E-state index contributed by atoms with van der Waals surface area (Å²) in [6, 6.07) is 22.8. The Bertz CT molecular complexity index is 1370. The molecule has 2 atom stereocenters. The van der Waals surface area contributed by atoms with Crippen LogP contribution in [-0.2, 0) is 16.1 Å². The fourth-order valence-electron chi connectivity index (χ4n) is 4.13. The van der Waals surface area contributed by atoms with Crippen LogP contribution in [0.3, 0.4) is 0 Å². The minimum atomic E-state index is -0.588. The molecule has 0 spiro atoms.